The highest BCUT2D eigenvalue weighted by molar-refractivity contribution is 4.70. The molecule has 78 valence electrons. The smallest absolute Gasteiger partial charge is 0.00412 e. The van der Waals surface area contributed by atoms with Gasteiger partial charge in [0.25, 0.3) is 0 Å². The van der Waals surface area contributed by atoms with E-state index in [-0.39, 0.29) is 0 Å². The van der Waals surface area contributed by atoms with Gasteiger partial charge in [-0.15, -0.1) is 0 Å². The Hall–Kier alpha value is -0.0400. The molecule has 1 rings (SSSR count). The van der Waals surface area contributed by atoms with Crippen LogP contribution in [-0.2, 0) is 0 Å². The Kier molecular flexibility index (Phi) is 5.45. The topological polar surface area (TPSA) is 12.0 Å². The Bertz CT molecular complexity index is 114. The average molecular weight is 183 g/mol. The zero-order valence-corrected chi connectivity index (χ0v) is 9.31. The number of nitrogens with one attached hydrogen (secondary N) is 1. The van der Waals surface area contributed by atoms with Crippen LogP contribution in [0.15, 0.2) is 0 Å². The number of rotatable bonds is 4. The molecule has 1 heteroatoms. The van der Waals surface area contributed by atoms with E-state index in [1.54, 1.807) is 0 Å². The summed E-state index contributed by atoms with van der Waals surface area (Å²) in [6, 6.07) is 0.730. The maximum Gasteiger partial charge on any atom is 0.00412 e. The average Bonchev–Trinajstić information content (AvgIpc) is 2.33. The van der Waals surface area contributed by atoms with Crippen LogP contribution in [0.2, 0.25) is 0 Å². The maximum atomic E-state index is 3.51. The normalized spacial score (nSPS) is 22.6. The maximum absolute atomic E-state index is 3.51. The van der Waals surface area contributed by atoms with Gasteiger partial charge < -0.3 is 5.32 Å². The first-order valence-corrected chi connectivity index (χ1v) is 6.06. The lowest BCUT2D eigenvalue weighted by atomic mass is 9.93. The molecule has 1 aliphatic rings. The molecule has 0 bridgehead atoms. The molecule has 13 heavy (non-hydrogen) atoms. The minimum absolute atomic E-state index is 0.730. The van der Waals surface area contributed by atoms with Crippen LogP contribution in [0.5, 0.6) is 0 Å². The van der Waals surface area contributed by atoms with Crippen LogP contribution in [0.1, 0.15) is 58.8 Å². The fourth-order valence-corrected chi connectivity index (χ4v) is 2.53. The molecule has 0 aromatic heterocycles. The van der Waals surface area contributed by atoms with Gasteiger partial charge in [0.15, 0.2) is 0 Å². The Morgan fingerprint density at radius 3 is 2.31 bits per heavy atom. The van der Waals surface area contributed by atoms with E-state index in [1.807, 2.05) is 0 Å². The van der Waals surface area contributed by atoms with Gasteiger partial charge in [0.1, 0.15) is 0 Å². The van der Waals surface area contributed by atoms with Gasteiger partial charge in [0.05, 0.1) is 0 Å². The molecule has 1 fully saturated rings. The van der Waals surface area contributed by atoms with Crippen molar-refractivity contribution in [2.24, 2.45) is 5.92 Å². The highest BCUT2D eigenvalue weighted by atomic mass is 14.9. The van der Waals surface area contributed by atoms with Gasteiger partial charge in [-0.3, -0.25) is 0 Å². The quantitative estimate of drug-likeness (QED) is 0.659. The van der Waals surface area contributed by atoms with Gasteiger partial charge in [-0.2, -0.15) is 0 Å². The van der Waals surface area contributed by atoms with E-state index in [4.69, 9.17) is 0 Å². The second-order valence-corrected chi connectivity index (χ2v) is 4.55. The van der Waals surface area contributed by atoms with Crippen molar-refractivity contribution in [1.29, 1.82) is 0 Å². The monoisotopic (exact) mass is 183 g/mol. The largest absolute Gasteiger partial charge is 0.315 e. The van der Waals surface area contributed by atoms with E-state index < -0.39 is 0 Å². The van der Waals surface area contributed by atoms with Crippen molar-refractivity contribution in [2.45, 2.75) is 64.8 Å². The Labute approximate surface area is 83.3 Å². The van der Waals surface area contributed by atoms with Gasteiger partial charge >= 0.3 is 0 Å². The van der Waals surface area contributed by atoms with Gasteiger partial charge in [0.2, 0.25) is 0 Å². The molecule has 1 N–H and O–H groups in total. The summed E-state index contributed by atoms with van der Waals surface area (Å²) in [5.41, 5.74) is 0. The van der Waals surface area contributed by atoms with Crippen molar-refractivity contribution in [3.8, 4) is 0 Å². The summed E-state index contributed by atoms with van der Waals surface area (Å²) in [7, 11) is 0. The molecule has 1 atom stereocenters. The third-order valence-corrected chi connectivity index (χ3v) is 3.21. The van der Waals surface area contributed by atoms with Crippen LogP contribution < -0.4 is 5.32 Å². The number of hydrogen-bond donors (Lipinski definition) is 1. The molecule has 1 saturated carbocycles. The van der Waals surface area contributed by atoms with Crippen molar-refractivity contribution >= 4 is 0 Å². The van der Waals surface area contributed by atoms with Gasteiger partial charge in [-0.1, -0.05) is 45.4 Å². The summed E-state index contributed by atoms with van der Waals surface area (Å²) < 4.78 is 0. The second-order valence-electron chi connectivity index (χ2n) is 4.55. The van der Waals surface area contributed by atoms with E-state index in [2.05, 4.69) is 19.2 Å². The Morgan fingerprint density at radius 2 is 1.77 bits per heavy atom. The first-order chi connectivity index (χ1) is 6.33. The second kappa shape index (κ2) is 6.42. The molecule has 0 heterocycles. The molecular weight excluding hydrogens is 158 g/mol. The molecule has 0 spiro atoms. The Balaban J connectivity index is 2.17. The predicted octanol–water partition coefficient (Wildman–Crippen LogP) is 3.34. The van der Waals surface area contributed by atoms with Crippen LogP contribution in [0.3, 0.4) is 0 Å². The van der Waals surface area contributed by atoms with Crippen molar-refractivity contribution in [2.75, 3.05) is 6.54 Å². The zero-order chi connectivity index (χ0) is 9.52. The molecule has 0 aromatic carbocycles. The van der Waals surface area contributed by atoms with E-state index in [0.717, 1.165) is 18.5 Å². The summed E-state index contributed by atoms with van der Waals surface area (Å²) in [6.45, 7) is 5.64. The third-order valence-electron chi connectivity index (χ3n) is 3.21. The highest BCUT2D eigenvalue weighted by Gasteiger charge is 2.14. The predicted molar refractivity (Wildman–Crippen MR) is 58.9 cm³/mol. The van der Waals surface area contributed by atoms with Crippen LogP contribution in [-0.4, -0.2) is 12.6 Å². The summed E-state index contributed by atoms with van der Waals surface area (Å²) >= 11 is 0. The molecule has 1 aliphatic carbocycles. The SMILES string of the molecule is CCNC(C)CC1CCCCCC1. The van der Waals surface area contributed by atoms with E-state index in [0.29, 0.717) is 0 Å². The molecule has 0 saturated heterocycles. The van der Waals surface area contributed by atoms with Crippen LogP contribution in [0.4, 0.5) is 0 Å². The van der Waals surface area contributed by atoms with Crippen molar-refractivity contribution in [3.05, 3.63) is 0 Å². The van der Waals surface area contributed by atoms with Crippen LogP contribution in [0.25, 0.3) is 0 Å². The van der Waals surface area contributed by atoms with Gasteiger partial charge in [-0.05, 0) is 25.8 Å². The van der Waals surface area contributed by atoms with Crippen molar-refractivity contribution in [1.82, 2.24) is 5.32 Å². The highest BCUT2D eigenvalue weighted by Crippen LogP contribution is 2.26. The minimum Gasteiger partial charge on any atom is -0.315 e. The first kappa shape index (κ1) is 11.0. The standard InChI is InChI=1S/C12H25N/c1-3-13-11(2)10-12-8-6-4-5-7-9-12/h11-13H,3-10H2,1-2H3. The first-order valence-electron chi connectivity index (χ1n) is 6.06. The molecule has 0 radical (unpaired) electrons. The molecular formula is C12H25N. The van der Waals surface area contributed by atoms with Gasteiger partial charge in [0, 0.05) is 6.04 Å². The third kappa shape index (κ3) is 4.66. The fraction of sp³-hybridized carbons (Fsp3) is 1.00. The molecule has 0 amide bonds. The van der Waals surface area contributed by atoms with E-state index in [9.17, 15) is 0 Å². The lowest BCUT2D eigenvalue weighted by molar-refractivity contribution is 0.368. The summed E-state index contributed by atoms with van der Waals surface area (Å²) in [4.78, 5) is 0. The molecule has 0 aromatic rings. The minimum atomic E-state index is 0.730. The van der Waals surface area contributed by atoms with E-state index >= 15 is 0 Å². The summed E-state index contributed by atoms with van der Waals surface area (Å²) in [5.74, 6) is 1.01. The number of hydrogen-bond acceptors (Lipinski definition) is 1. The molecule has 1 unspecified atom stereocenters. The van der Waals surface area contributed by atoms with Crippen molar-refractivity contribution in [3.63, 3.8) is 0 Å². The molecule has 1 nitrogen and oxygen atoms in total. The lowest BCUT2D eigenvalue weighted by Crippen LogP contribution is -2.27. The summed E-state index contributed by atoms with van der Waals surface area (Å²) in [5, 5.41) is 3.51. The molecule has 0 aliphatic heterocycles. The van der Waals surface area contributed by atoms with E-state index in [1.165, 1.54) is 44.9 Å². The summed E-state index contributed by atoms with van der Waals surface area (Å²) in [6.07, 6.45) is 10.3. The van der Waals surface area contributed by atoms with Crippen LogP contribution in [0, 0.1) is 5.92 Å². The zero-order valence-electron chi connectivity index (χ0n) is 9.31. The fourth-order valence-electron chi connectivity index (χ4n) is 2.53. The van der Waals surface area contributed by atoms with Crippen LogP contribution >= 0.6 is 0 Å². The van der Waals surface area contributed by atoms with Crippen molar-refractivity contribution < 1.29 is 0 Å². The Morgan fingerprint density at radius 1 is 1.15 bits per heavy atom. The van der Waals surface area contributed by atoms with Gasteiger partial charge in [-0.25, -0.2) is 0 Å². The lowest BCUT2D eigenvalue weighted by Gasteiger charge is -2.19.